The summed E-state index contributed by atoms with van der Waals surface area (Å²) in [7, 11) is 1.67. The normalized spacial score (nSPS) is 10.5. The summed E-state index contributed by atoms with van der Waals surface area (Å²) in [6.07, 6.45) is -0.0122. The van der Waals surface area contributed by atoms with Gasteiger partial charge in [0.2, 0.25) is 5.91 Å². The molecule has 1 aromatic rings. The van der Waals surface area contributed by atoms with E-state index in [9.17, 15) is 9.59 Å². The van der Waals surface area contributed by atoms with E-state index in [0.29, 0.717) is 22.3 Å². The van der Waals surface area contributed by atoms with E-state index in [4.69, 9.17) is 28.3 Å². The molecule has 0 heterocycles. The number of likely N-dealkylation sites (N-methyl/N-ethyl adjacent to an activating group) is 1. The molecule has 0 fully saturated rings. The third-order valence-electron chi connectivity index (χ3n) is 2.32. The van der Waals surface area contributed by atoms with Gasteiger partial charge in [0.05, 0.1) is 23.7 Å². The largest absolute Gasteiger partial charge is 0.481 e. The lowest BCUT2D eigenvalue weighted by atomic mass is 10.3. The Morgan fingerprint density at radius 3 is 2.68 bits per heavy atom. The van der Waals surface area contributed by atoms with Crippen LogP contribution in [0.2, 0.25) is 10.0 Å². The number of anilines is 1. The fraction of sp³-hybridized carbons (Fsp3) is 0.333. The second kappa shape index (κ2) is 7.33. The Morgan fingerprint density at radius 1 is 1.37 bits per heavy atom. The van der Waals surface area contributed by atoms with E-state index >= 15 is 0 Å². The molecule has 0 aromatic heterocycles. The Kier molecular flexibility index (Phi) is 6.08. The number of benzene rings is 1. The third kappa shape index (κ3) is 5.92. The van der Waals surface area contributed by atoms with Gasteiger partial charge < -0.3 is 10.4 Å². The van der Waals surface area contributed by atoms with Crippen LogP contribution in [0.3, 0.4) is 0 Å². The average molecular weight is 305 g/mol. The second-order valence-electron chi connectivity index (χ2n) is 4.05. The van der Waals surface area contributed by atoms with Crippen molar-refractivity contribution < 1.29 is 14.7 Å². The van der Waals surface area contributed by atoms with Crippen LogP contribution >= 0.6 is 23.2 Å². The number of hydrogen-bond acceptors (Lipinski definition) is 3. The van der Waals surface area contributed by atoms with Gasteiger partial charge in [0.15, 0.2) is 0 Å². The third-order valence-corrected chi connectivity index (χ3v) is 2.89. The molecule has 0 saturated heterocycles. The zero-order valence-electron chi connectivity index (χ0n) is 10.3. The van der Waals surface area contributed by atoms with Crippen LogP contribution in [0.1, 0.15) is 6.42 Å². The smallest absolute Gasteiger partial charge is 0.304 e. The molecule has 5 nitrogen and oxygen atoms in total. The first-order valence-electron chi connectivity index (χ1n) is 5.53. The molecule has 1 rings (SSSR count). The number of carboxylic acid groups (broad SMARTS) is 1. The quantitative estimate of drug-likeness (QED) is 0.846. The first kappa shape index (κ1) is 15.8. The average Bonchev–Trinajstić information content (AvgIpc) is 2.31. The lowest BCUT2D eigenvalue weighted by molar-refractivity contribution is -0.137. The summed E-state index contributed by atoms with van der Waals surface area (Å²) >= 11 is 11.7. The van der Waals surface area contributed by atoms with Crippen LogP contribution in [0.15, 0.2) is 18.2 Å². The van der Waals surface area contributed by atoms with Gasteiger partial charge in [0.1, 0.15) is 0 Å². The number of nitrogens with one attached hydrogen (secondary N) is 1. The van der Waals surface area contributed by atoms with Gasteiger partial charge in [0, 0.05) is 11.6 Å². The predicted octanol–water partition coefficient (Wildman–Crippen LogP) is 2.34. The molecule has 0 atom stereocenters. The summed E-state index contributed by atoms with van der Waals surface area (Å²) < 4.78 is 0. The number of carboxylic acids is 1. The van der Waals surface area contributed by atoms with Crippen molar-refractivity contribution in [3.05, 3.63) is 28.2 Å². The molecule has 1 amide bonds. The molecule has 0 bridgehead atoms. The number of carbonyl (C=O) groups is 2. The number of carbonyl (C=O) groups excluding carboxylic acids is 1. The fourth-order valence-electron chi connectivity index (χ4n) is 1.39. The molecular formula is C12H14Cl2N2O3. The molecule has 7 heteroatoms. The highest BCUT2D eigenvalue weighted by Gasteiger charge is 2.10. The van der Waals surface area contributed by atoms with Gasteiger partial charge in [-0.05, 0) is 25.2 Å². The van der Waals surface area contributed by atoms with Gasteiger partial charge in [-0.25, -0.2) is 0 Å². The van der Waals surface area contributed by atoms with Crippen LogP contribution in [-0.2, 0) is 9.59 Å². The van der Waals surface area contributed by atoms with Crippen LogP contribution in [0.4, 0.5) is 5.69 Å². The highest BCUT2D eigenvalue weighted by molar-refractivity contribution is 6.35. The monoisotopic (exact) mass is 304 g/mol. The second-order valence-corrected chi connectivity index (χ2v) is 4.90. The van der Waals surface area contributed by atoms with E-state index in [1.54, 1.807) is 30.1 Å². The Morgan fingerprint density at radius 2 is 2.05 bits per heavy atom. The maximum absolute atomic E-state index is 11.7. The molecule has 104 valence electrons. The minimum absolute atomic E-state index is 0.0122. The molecule has 0 radical (unpaired) electrons. The van der Waals surface area contributed by atoms with Crippen LogP contribution in [0.25, 0.3) is 0 Å². The predicted molar refractivity (Wildman–Crippen MR) is 74.8 cm³/mol. The molecule has 1 aromatic carbocycles. The van der Waals surface area contributed by atoms with E-state index in [2.05, 4.69) is 5.32 Å². The first-order chi connectivity index (χ1) is 8.88. The van der Waals surface area contributed by atoms with Crippen LogP contribution in [-0.4, -0.2) is 42.0 Å². The molecule has 19 heavy (non-hydrogen) atoms. The number of nitrogens with zero attached hydrogens (tertiary/aromatic N) is 1. The Hall–Kier alpha value is -1.30. The van der Waals surface area contributed by atoms with Crippen LogP contribution < -0.4 is 5.32 Å². The number of halogens is 2. The van der Waals surface area contributed by atoms with Gasteiger partial charge in [-0.1, -0.05) is 23.2 Å². The Labute approximate surface area is 121 Å². The van der Waals surface area contributed by atoms with Crippen LogP contribution in [0.5, 0.6) is 0 Å². The number of aliphatic carboxylic acids is 1. The summed E-state index contributed by atoms with van der Waals surface area (Å²) in [6.45, 7) is 0.377. The maximum Gasteiger partial charge on any atom is 0.304 e. The van der Waals surface area contributed by atoms with Crippen molar-refractivity contribution >= 4 is 40.8 Å². The summed E-state index contributed by atoms with van der Waals surface area (Å²) in [5.74, 6) is -1.18. The number of hydrogen-bond donors (Lipinski definition) is 2. The van der Waals surface area contributed by atoms with Gasteiger partial charge in [0.25, 0.3) is 0 Å². The maximum atomic E-state index is 11.7. The van der Waals surface area contributed by atoms with Crippen molar-refractivity contribution in [2.75, 3.05) is 25.5 Å². The molecule has 0 aliphatic carbocycles. The first-order valence-corrected chi connectivity index (χ1v) is 6.29. The molecular weight excluding hydrogens is 291 g/mol. The molecule has 2 N–H and O–H groups in total. The van der Waals surface area contributed by atoms with E-state index < -0.39 is 5.97 Å². The molecule has 0 saturated carbocycles. The van der Waals surface area contributed by atoms with Crippen molar-refractivity contribution in [3.63, 3.8) is 0 Å². The highest BCUT2D eigenvalue weighted by Crippen LogP contribution is 2.25. The highest BCUT2D eigenvalue weighted by atomic mass is 35.5. The van der Waals surface area contributed by atoms with Crippen LogP contribution in [0, 0.1) is 0 Å². The number of rotatable bonds is 6. The zero-order chi connectivity index (χ0) is 14.4. The molecule has 0 aliphatic rings. The molecule has 0 aliphatic heterocycles. The van der Waals surface area contributed by atoms with E-state index in [-0.39, 0.29) is 18.9 Å². The van der Waals surface area contributed by atoms with E-state index in [1.165, 1.54) is 0 Å². The van der Waals surface area contributed by atoms with Gasteiger partial charge in [-0.3, -0.25) is 14.5 Å². The van der Waals surface area contributed by atoms with Crippen molar-refractivity contribution in [2.24, 2.45) is 0 Å². The Balaban J connectivity index is 2.50. The Bertz CT molecular complexity index is 480. The topological polar surface area (TPSA) is 69.6 Å². The van der Waals surface area contributed by atoms with Gasteiger partial charge in [-0.15, -0.1) is 0 Å². The minimum Gasteiger partial charge on any atom is -0.481 e. The number of amides is 1. The van der Waals surface area contributed by atoms with Crippen molar-refractivity contribution in [1.82, 2.24) is 4.90 Å². The lowest BCUT2D eigenvalue weighted by Gasteiger charge is -2.15. The summed E-state index contributed by atoms with van der Waals surface area (Å²) in [5, 5.41) is 12.0. The van der Waals surface area contributed by atoms with Crippen molar-refractivity contribution in [2.45, 2.75) is 6.42 Å². The minimum atomic E-state index is -0.898. The van der Waals surface area contributed by atoms with Gasteiger partial charge >= 0.3 is 5.97 Å². The molecule has 0 spiro atoms. The van der Waals surface area contributed by atoms with Crippen molar-refractivity contribution in [1.29, 1.82) is 0 Å². The standard InChI is InChI=1S/C12H14Cl2N2O3/c1-16(5-4-12(18)19)7-11(17)15-10-6-8(13)2-3-9(10)14/h2-3,6H,4-5,7H2,1H3,(H,15,17)(H,18,19). The van der Waals surface area contributed by atoms with Gasteiger partial charge in [-0.2, -0.15) is 0 Å². The van der Waals surface area contributed by atoms with E-state index in [1.807, 2.05) is 0 Å². The summed E-state index contributed by atoms with van der Waals surface area (Å²) in [5.41, 5.74) is 0.436. The fourth-order valence-corrected chi connectivity index (χ4v) is 1.73. The summed E-state index contributed by atoms with van der Waals surface area (Å²) in [6, 6.07) is 4.77. The van der Waals surface area contributed by atoms with E-state index in [0.717, 1.165) is 0 Å². The zero-order valence-corrected chi connectivity index (χ0v) is 11.8. The SMILES string of the molecule is CN(CCC(=O)O)CC(=O)Nc1cc(Cl)ccc1Cl. The molecule has 0 unspecified atom stereocenters. The lowest BCUT2D eigenvalue weighted by Crippen LogP contribution is -2.31. The summed E-state index contributed by atoms with van der Waals surface area (Å²) in [4.78, 5) is 23.7. The van der Waals surface area contributed by atoms with Crippen molar-refractivity contribution in [3.8, 4) is 0 Å².